The minimum Gasteiger partial charge on any atom is -0.496 e. The molecule has 1 saturated heterocycles. The van der Waals surface area contributed by atoms with Gasteiger partial charge in [0.2, 0.25) is 0 Å². The van der Waals surface area contributed by atoms with Gasteiger partial charge in [0.15, 0.2) is 0 Å². The average molecular weight is 497 g/mol. The zero-order valence-electron chi connectivity index (χ0n) is 21.5. The molecular weight excluding hydrogens is 464 g/mol. The third-order valence-electron chi connectivity index (χ3n) is 7.96. The van der Waals surface area contributed by atoms with Gasteiger partial charge >= 0.3 is 0 Å². The average Bonchev–Trinajstić information content (AvgIpc) is 3.32. The Balaban J connectivity index is 1.59. The predicted molar refractivity (Wildman–Crippen MR) is 143 cm³/mol. The summed E-state index contributed by atoms with van der Waals surface area (Å²) in [5.74, 6) is -0.00517. The molecule has 3 aromatic rings. The number of fused-ring (bicyclic) bond motifs is 2. The second-order valence-electron chi connectivity index (χ2n) is 10.0. The van der Waals surface area contributed by atoms with Gasteiger partial charge in [-0.2, -0.15) is 0 Å². The van der Waals surface area contributed by atoms with Crippen LogP contribution in [0.3, 0.4) is 0 Å². The fraction of sp³-hybridized carbons (Fsp3) is 0.290. The van der Waals surface area contributed by atoms with Crippen LogP contribution in [0.4, 0.5) is 0 Å². The number of para-hydroxylation sites is 1. The van der Waals surface area contributed by atoms with Gasteiger partial charge in [0.1, 0.15) is 5.75 Å². The first-order valence-corrected chi connectivity index (χ1v) is 12.5. The first-order chi connectivity index (χ1) is 17.9. The Morgan fingerprint density at radius 3 is 2.43 bits per heavy atom. The van der Waals surface area contributed by atoms with Crippen LogP contribution in [0.25, 0.3) is 5.57 Å². The van der Waals surface area contributed by atoms with Gasteiger partial charge in [0.25, 0.3) is 11.8 Å². The molecular formula is C31H32N2O4. The molecule has 1 fully saturated rings. The van der Waals surface area contributed by atoms with Crippen LogP contribution in [0.2, 0.25) is 0 Å². The molecule has 2 amide bonds. The van der Waals surface area contributed by atoms with E-state index >= 15 is 0 Å². The zero-order chi connectivity index (χ0) is 26.2. The van der Waals surface area contributed by atoms with E-state index in [4.69, 9.17) is 9.57 Å². The molecule has 3 atom stereocenters. The fourth-order valence-electron chi connectivity index (χ4n) is 6.16. The smallest absolute Gasteiger partial charge is 0.254 e. The topological polar surface area (TPSA) is 67.9 Å². The van der Waals surface area contributed by atoms with E-state index in [1.165, 1.54) is 18.2 Å². The first-order valence-electron chi connectivity index (χ1n) is 12.5. The second-order valence-corrected chi connectivity index (χ2v) is 10.0. The van der Waals surface area contributed by atoms with Crippen LogP contribution >= 0.6 is 0 Å². The van der Waals surface area contributed by atoms with Gasteiger partial charge in [-0.25, -0.2) is 5.48 Å². The molecule has 1 heterocycles. The molecule has 1 aliphatic heterocycles. The number of amides is 2. The molecule has 1 N–H and O–H groups in total. The standard InChI is InChI=1S/C31H32N2O4/c1-20-13-15-22(16-14-20)28-25-11-6-5-9-23(25)17-31(30(35)32-37-4)19-33(18-26(28)31)29(34)21(2)24-10-7-8-12-27(24)36-3/h5-16,26,28H,2,17-19H2,1,3-4H3,(H,32,35). The number of hydrogen-bond donors (Lipinski definition) is 1. The first kappa shape index (κ1) is 24.8. The summed E-state index contributed by atoms with van der Waals surface area (Å²) >= 11 is 0. The van der Waals surface area contributed by atoms with Crippen LogP contribution in [0, 0.1) is 18.3 Å². The van der Waals surface area contributed by atoms with E-state index in [2.05, 4.69) is 55.4 Å². The highest BCUT2D eigenvalue weighted by atomic mass is 16.6. The van der Waals surface area contributed by atoms with Crippen molar-refractivity contribution >= 4 is 17.4 Å². The lowest BCUT2D eigenvalue weighted by atomic mass is 9.59. The summed E-state index contributed by atoms with van der Waals surface area (Å²) in [6.07, 6.45) is 0.524. The van der Waals surface area contributed by atoms with Crippen LogP contribution in [0.1, 0.15) is 33.7 Å². The lowest BCUT2D eigenvalue weighted by molar-refractivity contribution is -0.144. The molecule has 3 unspecified atom stereocenters. The van der Waals surface area contributed by atoms with E-state index in [0.29, 0.717) is 29.9 Å². The van der Waals surface area contributed by atoms with Crippen molar-refractivity contribution in [2.75, 3.05) is 27.3 Å². The van der Waals surface area contributed by atoms with Gasteiger partial charge in [-0.3, -0.25) is 14.4 Å². The predicted octanol–water partition coefficient (Wildman–Crippen LogP) is 4.53. The van der Waals surface area contributed by atoms with Crippen molar-refractivity contribution in [2.24, 2.45) is 11.3 Å². The van der Waals surface area contributed by atoms with Crippen molar-refractivity contribution in [1.29, 1.82) is 0 Å². The SMILES string of the molecule is C=C(C(=O)N1CC2C(c3ccc(C)cc3)c3ccccc3CC2(C(=O)NOC)C1)c1ccccc1OC. The summed E-state index contributed by atoms with van der Waals surface area (Å²) < 4.78 is 5.48. The molecule has 37 heavy (non-hydrogen) atoms. The molecule has 5 rings (SSSR count). The van der Waals surface area contributed by atoms with Crippen LogP contribution in [-0.4, -0.2) is 44.0 Å². The highest BCUT2D eigenvalue weighted by Crippen LogP contribution is 2.54. The molecule has 2 aliphatic rings. The van der Waals surface area contributed by atoms with Crippen molar-refractivity contribution in [2.45, 2.75) is 19.3 Å². The number of hydrogen-bond acceptors (Lipinski definition) is 4. The number of carbonyl (C=O) groups excluding carboxylic acids is 2. The molecule has 6 heteroatoms. The van der Waals surface area contributed by atoms with Crippen LogP contribution in [0.15, 0.2) is 79.4 Å². The lowest BCUT2D eigenvalue weighted by Crippen LogP contribution is -2.51. The third-order valence-corrected chi connectivity index (χ3v) is 7.96. The number of ether oxygens (including phenoxy) is 1. The Labute approximate surface area is 217 Å². The van der Waals surface area contributed by atoms with Crippen LogP contribution < -0.4 is 10.2 Å². The summed E-state index contributed by atoms with van der Waals surface area (Å²) in [5, 5.41) is 0. The number of methoxy groups -OCH3 is 1. The number of carbonyl (C=O) groups is 2. The molecule has 0 aromatic heterocycles. The van der Waals surface area contributed by atoms with E-state index in [-0.39, 0.29) is 30.2 Å². The van der Waals surface area contributed by atoms with Crippen molar-refractivity contribution in [3.8, 4) is 5.75 Å². The summed E-state index contributed by atoms with van der Waals surface area (Å²) in [5.41, 5.74) is 7.39. The summed E-state index contributed by atoms with van der Waals surface area (Å²) in [4.78, 5) is 34.5. The van der Waals surface area contributed by atoms with E-state index < -0.39 is 5.41 Å². The minimum absolute atomic E-state index is 0.0505. The van der Waals surface area contributed by atoms with Gasteiger partial charge in [-0.1, -0.05) is 78.9 Å². The number of nitrogens with zero attached hydrogens (tertiary/aromatic N) is 1. The maximum Gasteiger partial charge on any atom is 0.254 e. The van der Waals surface area contributed by atoms with Gasteiger partial charge < -0.3 is 9.64 Å². The number of hydroxylamine groups is 1. The lowest BCUT2D eigenvalue weighted by Gasteiger charge is -2.43. The molecule has 0 bridgehead atoms. The van der Waals surface area contributed by atoms with Gasteiger partial charge in [-0.05, 0) is 36.1 Å². The molecule has 0 spiro atoms. The van der Waals surface area contributed by atoms with Crippen molar-refractivity contribution in [3.05, 3.63) is 107 Å². The van der Waals surface area contributed by atoms with Crippen molar-refractivity contribution < 1.29 is 19.2 Å². The Morgan fingerprint density at radius 1 is 1.00 bits per heavy atom. The van der Waals surface area contributed by atoms with E-state index in [1.54, 1.807) is 12.0 Å². The second kappa shape index (κ2) is 9.87. The highest BCUT2D eigenvalue weighted by Gasteiger charge is 2.59. The van der Waals surface area contributed by atoms with Gasteiger partial charge in [-0.15, -0.1) is 0 Å². The van der Waals surface area contributed by atoms with Gasteiger partial charge in [0.05, 0.1) is 19.6 Å². The highest BCUT2D eigenvalue weighted by molar-refractivity contribution is 6.19. The molecule has 0 radical (unpaired) electrons. The Bertz CT molecular complexity index is 1350. The zero-order valence-corrected chi connectivity index (χ0v) is 21.5. The Morgan fingerprint density at radius 2 is 1.70 bits per heavy atom. The third kappa shape index (κ3) is 4.21. The molecule has 1 aliphatic carbocycles. The molecule has 3 aromatic carbocycles. The minimum atomic E-state index is -0.851. The molecule has 6 nitrogen and oxygen atoms in total. The largest absolute Gasteiger partial charge is 0.496 e. The monoisotopic (exact) mass is 496 g/mol. The van der Waals surface area contributed by atoms with E-state index in [9.17, 15) is 9.59 Å². The fourth-order valence-corrected chi connectivity index (χ4v) is 6.16. The quantitative estimate of drug-likeness (QED) is 0.402. The summed E-state index contributed by atoms with van der Waals surface area (Å²) in [7, 11) is 3.02. The molecule has 0 saturated carbocycles. The number of likely N-dealkylation sites (tertiary alicyclic amines) is 1. The van der Waals surface area contributed by atoms with Crippen molar-refractivity contribution in [1.82, 2.24) is 10.4 Å². The van der Waals surface area contributed by atoms with E-state index in [1.807, 2.05) is 36.4 Å². The maximum atomic E-state index is 13.8. The number of benzene rings is 3. The number of nitrogens with one attached hydrogen (secondary N) is 1. The van der Waals surface area contributed by atoms with Crippen LogP contribution in [0.5, 0.6) is 5.75 Å². The number of aryl methyl sites for hydroxylation is 1. The van der Waals surface area contributed by atoms with Crippen molar-refractivity contribution in [3.63, 3.8) is 0 Å². The normalized spacial score (nSPS) is 22.1. The number of rotatable bonds is 6. The Hall–Kier alpha value is -3.90. The maximum absolute atomic E-state index is 13.8. The van der Waals surface area contributed by atoms with E-state index in [0.717, 1.165) is 11.1 Å². The summed E-state index contributed by atoms with van der Waals surface area (Å²) in [6, 6.07) is 24.1. The van der Waals surface area contributed by atoms with Gasteiger partial charge in [0, 0.05) is 36.1 Å². The summed E-state index contributed by atoms with van der Waals surface area (Å²) in [6.45, 7) is 6.90. The Kier molecular flexibility index (Phi) is 6.61. The molecule has 190 valence electrons. The van der Waals surface area contributed by atoms with Crippen LogP contribution in [-0.2, 0) is 20.8 Å².